The molecule has 0 heterocycles. The van der Waals surface area contributed by atoms with Gasteiger partial charge in [-0.25, -0.2) is 14.4 Å². The van der Waals surface area contributed by atoms with Crippen LogP contribution in [-0.2, 0) is 34.6 Å². The van der Waals surface area contributed by atoms with Crippen LogP contribution in [0.1, 0.15) is 71.7 Å². The Morgan fingerprint density at radius 3 is 1.20 bits per heavy atom. The molecular weight excluding hydrogens is 540 g/mol. The van der Waals surface area contributed by atoms with Gasteiger partial charge in [0.15, 0.2) is 0 Å². The number of carboxylic acids is 3. The molecule has 0 radical (unpaired) electrons. The van der Waals surface area contributed by atoms with Gasteiger partial charge in [-0.05, 0) is 36.4 Å². The van der Waals surface area contributed by atoms with Crippen molar-refractivity contribution in [3.05, 3.63) is 136 Å². The van der Waals surface area contributed by atoms with Crippen LogP contribution >= 0.6 is 0 Å². The van der Waals surface area contributed by atoms with Crippen LogP contribution in [0.15, 0.2) is 91.0 Å². The molecule has 4 aromatic rings. The van der Waals surface area contributed by atoms with Gasteiger partial charge in [-0.3, -0.25) is 0 Å². The largest absolute Gasteiger partial charge is 0.478 e. The summed E-state index contributed by atoms with van der Waals surface area (Å²) in [5, 5.41) is 25.2. The predicted octanol–water partition coefficient (Wildman–Crippen LogP) is 7.36. The van der Waals surface area contributed by atoms with Crippen LogP contribution in [0.25, 0.3) is 0 Å². The van der Waals surface area contributed by atoms with E-state index in [9.17, 15) is 14.4 Å². The van der Waals surface area contributed by atoms with E-state index in [1.165, 1.54) is 25.7 Å². The third-order valence-corrected chi connectivity index (χ3v) is 6.56. The predicted molar refractivity (Wildman–Crippen MR) is 153 cm³/mol. The Hall–Kier alpha value is -3.87. The zero-order chi connectivity index (χ0) is 28.8. The van der Waals surface area contributed by atoms with E-state index < -0.39 is 17.9 Å². The minimum Gasteiger partial charge on any atom is -0.478 e. The Bertz CT molecular complexity index is 1200. The van der Waals surface area contributed by atoms with E-state index in [0.717, 1.165) is 0 Å². The van der Waals surface area contributed by atoms with Gasteiger partial charge in [0.1, 0.15) is 0 Å². The minimum atomic E-state index is -0.879. The molecule has 5 rings (SSSR count). The van der Waals surface area contributed by atoms with E-state index in [2.05, 4.69) is 20.8 Å². The molecule has 4 aromatic carbocycles. The fourth-order valence-corrected chi connectivity index (χ4v) is 4.21. The van der Waals surface area contributed by atoms with Crippen LogP contribution in [0.2, 0.25) is 0 Å². The molecule has 0 atom stereocenters. The van der Waals surface area contributed by atoms with Crippen LogP contribution in [0, 0.1) is 20.8 Å². The molecule has 0 amide bonds. The summed E-state index contributed by atoms with van der Waals surface area (Å²) < 4.78 is 0. The molecule has 6 nitrogen and oxygen atoms in total. The van der Waals surface area contributed by atoms with Gasteiger partial charge in [0.25, 0.3) is 0 Å². The van der Waals surface area contributed by atoms with Crippen molar-refractivity contribution in [2.75, 3.05) is 0 Å². The summed E-state index contributed by atoms with van der Waals surface area (Å²) in [6, 6.07) is 24.9. The Morgan fingerprint density at radius 2 is 0.925 bits per heavy atom. The van der Waals surface area contributed by atoms with Crippen molar-refractivity contribution in [2.24, 2.45) is 0 Å². The average Bonchev–Trinajstić information content (AvgIpc) is 3.19. The van der Waals surface area contributed by atoms with Crippen molar-refractivity contribution in [1.29, 1.82) is 0 Å². The van der Waals surface area contributed by atoms with Gasteiger partial charge >= 0.3 is 17.9 Å². The number of carbonyl (C=O) groups is 3. The number of carboxylic acid groups (broad SMARTS) is 3. The fourth-order valence-electron chi connectivity index (χ4n) is 4.21. The summed E-state index contributed by atoms with van der Waals surface area (Å²) in [6.07, 6.45) is 5.46. The van der Waals surface area contributed by atoms with E-state index in [-0.39, 0.29) is 21.7 Å². The summed E-state index contributed by atoms with van der Waals surface area (Å²) in [7, 11) is 0. The van der Waals surface area contributed by atoms with Crippen molar-refractivity contribution >= 4 is 17.9 Å². The van der Waals surface area contributed by atoms with Crippen molar-refractivity contribution in [1.82, 2.24) is 0 Å². The zero-order valence-corrected chi connectivity index (χ0v) is 24.6. The molecule has 0 saturated heterocycles. The monoisotopic (exact) mass is 575 g/mol. The second-order valence-corrected chi connectivity index (χ2v) is 9.05. The summed E-state index contributed by atoms with van der Waals surface area (Å²) >= 11 is 0. The second-order valence-electron chi connectivity index (χ2n) is 9.05. The molecule has 0 bridgehead atoms. The zero-order valence-electron chi connectivity index (χ0n) is 23.1. The molecule has 40 heavy (non-hydrogen) atoms. The smallest absolute Gasteiger partial charge is 0.335 e. The third kappa shape index (κ3) is 10.7. The molecule has 1 aliphatic rings. The first-order chi connectivity index (χ1) is 18.6. The first-order valence-electron chi connectivity index (χ1n) is 12.7. The summed E-state index contributed by atoms with van der Waals surface area (Å²) in [4.78, 5) is 30.6. The molecule has 3 N–H and O–H groups in total. The fraction of sp³-hybridized carbons (Fsp3) is 0.212. The molecule has 0 aromatic heterocycles. The molecule has 0 aliphatic heterocycles. The number of hydrogen-bond acceptors (Lipinski definition) is 3. The SMILES string of the molecule is Cc1c2c([c-](C)c1C)CCCC2.O=C(O)c1ccccc1.O=C(O)c1ccccc1.O=C(O)c1ccccc1.[Ti]. The summed E-state index contributed by atoms with van der Waals surface area (Å²) in [5.41, 5.74) is 9.03. The summed E-state index contributed by atoms with van der Waals surface area (Å²) in [5.74, 6) is -2.64. The van der Waals surface area contributed by atoms with Gasteiger partial charge in [0.05, 0.1) is 16.7 Å². The normalized spacial score (nSPS) is 10.9. The first-order valence-corrected chi connectivity index (χ1v) is 12.7. The van der Waals surface area contributed by atoms with Crippen molar-refractivity contribution in [2.45, 2.75) is 46.5 Å². The maximum atomic E-state index is 10.2. The van der Waals surface area contributed by atoms with E-state index in [0.29, 0.717) is 16.7 Å². The van der Waals surface area contributed by atoms with Crippen molar-refractivity contribution < 1.29 is 51.4 Å². The van der Waals surface area contributed by atoms with Gasteiger partial charge < -0.3 is 15.3 Å². The number of hydrogen-bond donors (Lipinski definition) is 3. The van der Waals surface area contributed by atoms with E-state index in [1.807, 2.05) is 0 Å². The molecular formula is C33H35O6Ti-. The number of fused-ring (bicyclic) bond motifs is 1. The van der Waals surface area contributed by atoms with Gasteiger partial charge in [0, 0.05) is 21.7 Å². The van der Waals surface area contributed by atoms with Crippen molar-refractivity contribution in [3.8, 4) is 0 Å². The molecule has 0 unspecified atom stereocenters. The van der Waals surface area contributed by atoms with Gasteiger partial charge in [-0.1, -0.05) is 101 Å². The molecule has 0 spiro atoms. The standard InChI is InChI=1S/C12H17.3C7H6O2.Ti/c1-8-9(2)11-6-4-5-7-12(11)10(8)3;3*8-7(9)6-4-2-1-3-5-6;/h4-7H2,1-3H3;3*1-5H,(H,8,9);/q-1;;;;. The van der Waals surface area contributed by atoms with E-state index >= 15 is 0 Å². The number of benzene rings is 3. The molecule has 7 heteroatoms. The topological polar surface area (TPSA) is 112 Å². The molecule has 1 aliphatic carbocycles. The second kappa shape index (κ2) is 17.7. The maximum absolute atomic E-state index is 10.2. The Balaban J connectivity index is 0.000000267. The van der Waals surface area contributed by atoms with Crippen LogP contribution in [0.5, 0.6) is 0 Å². The van der Waals surface area contributed by atoms with Gasteiger partial charge in [-0.15, -0.1) is 0 Å². The van der Waals surface area contributed by atoms with Crippen LogP contribution in [0.4, 0.5) is 0 Å². The Labute approximate surface area is 250 Å². The van der Waals surface area contributed by atoms with Gasteiger partial charge in [0.2, 0.25) is 0 Å². The third-order valence-electron chi connectivity index (χ3n) is 6.56. The quantitative estimate of drug-likeness (QED) is 0.174. The first kappa shape index (κ1) is 34.2. The number of aromatic carboxylic acids is 3. The van der Waals surface area contributed by atoms with Gasteiger partial charge in [-0.2, -0.15) is 27.8 Å². The van der Waals surface area contributed by atoms with Crippen LogP contribution in [-0.4, -0.2) is 33.2 Å². The Morgan fingerprint density at radius 1 is 0.600 bits per heavy atom. The molecule has 208 valence electrons. The summed E-state index contributed by atoms with van der Waals surface area (Å²) in [6.45, 7) is 6.84. The number of rotatable bonds is 3. The van der Waals surface area contributed by atoms with E-state index in [1.54, 1.807) is 119 Å². The van der Waals surface area contributed by atoms with Crippen LogP contribution in [0.3, 0.4) is 0 Å². The molecule has 0 fully saturated rings. The Kier molecular flexibility index (Phi) is 15.1. The van der Waals surface area contributed by atoms with E-state index in [4.69, 9.17) is 15.3 Å². The minimum absolute atomic E-state index is 0. The van der Waals surface area contributed by atoms with Crippen LogP contribution < -0.4 is 0 Å². The van der Waals surface area contributed by atoms with Crippen molar-refractivity contribution in [3.63, 3.8) is 0 Å². The molecule has 0 saturated carbocycles. The maximum Gasteiger partial charge on any atom is 0.335 e. The average molecular weight is 576 g/mol.